The molecule has 0 amide bonds. The van der Waals surface area contributed by atoms with Crippen LogP contribution in [0.4, 0.5) is 10.1 Å². The van der Waals surface area contributed by atoms with Crippen molar-refractivity contribution in [2.75, 3.05) is 13.6 Å². The SMILES string of the molecule is CCN(C)C=Nc1cc(C)c(S(=O)c2ccccc2F)cc1C(C)C. The van der Waals surface area contributed by atoms with Crippen molar-refractivity contribution in [2.24, 2.45) is 4.99 Å². The van der Waals surface area contributed by atoms with Crippen LogP contribution in [0.2, 0.25) is 0 Å². The van der Waals surface area contributed by atoms with Crippen LogP contribution in [0, 0.1) is 12.7 Å². The summed E-state index contributed by atoms with van der Waals surface area (Å²) in [6, 6.07) is 10.1. The van der Waals surface area contributed by atoms with Gasteiger partial charge in [-0.05, 0) is 55.2 Å². The summed E-state index contributed by atoms with van der Waals surface area (Å²) in [5, 5.41) is 0. The lowest BCUT2D eigenvalue weighted by Gasteiger charge is -2.16. The van der Waals surface area contributed by atoms with Crippen molar-refractivity contribution in [1.29, 1.82) is 0 Å². The smallest absolute Gasteiger partial charge is 0.139 e. The largest absolute Gasteiger partial charge is 0.366 e. The predicted molar refractivity (Wildman–Crippen MR) is 103 cm³/mol. The zero-order chi connectivity index (χ0) is 18.6. The Labute approximate surface area is 152 Å². The van der Waals surface area contributed by atoms with Crippen molar-refractivity contribution in [1.82, 2.24) is 4.90 Å². The van der Waals surface area contributed by atoms with Crippen LogP contribution in [0.1, 0.15) is 37.8 Å². The molecule has 0 fully saturated rings. The number of hydrogen-bond acceptors (Lipinski definition) is 2. The van der Waals surface area contributed by atoms with E-state index in [-0.39, 0.29) is 10.8 Å². The summed E-state index contributed by atoms with van der Waals surface area (Å²) in [6.07, 6.45) is 1.80. The van der Waals surface area contributed by atoms with Crippen molar-refractivity contribution >= 4 is 22.8 Å². The molecule has 2 rings (SSSR count). The molecule has 0 aliphatic heterocycles. The van der Waals surface area contributed by atoms with Crippen molar-refractivity contribution in [3.63, 3.8) is 0 Å². The molecule has 0 bridgehead atoms. The number of aryl methyl sites for hydroxylation is 1. The summed E-state index contributed by atoms with van der Waals surface area (Å²) in [5.74, 6) is -0.228. The monoisotopic (exact) mass is 360 g/mol. The first-order valence-electron chi connectivity index (χ1n) is 8.40. The van der Waals surface area contributed by atoms with E-state index in [0.29, 0.717) is 4.90 Å². The van der Waals surface area contributed by atoms with Crippen LogP contribution in [-0.2, 0) is 10.8 Å². The second-order valence-corrected chi connectivity index (χ2v) is 7.77. The van der Waals surface area contributed by atoms with Crippen LogP contribution in [0.25, 0.3) is 0 Å². The van der Waals surface area contributed by atoms with E-state index < -0.39 is 16.6 Å². The lowest BCUT2D eigenvalue weighted by Crippen LogP contribution is -2.14. The Morgan fingerprint density at radius 2 is 1.92 bits per heavy atom. The van der Waals surface area contributed by atoms with E-state index in [0.717, 1.165) is 23.4 Å². The third-order valence-corrected chi connectivity index (χ3v) is 5.64. The Morgan fingerprint density at radius 1 is 1.24 bits per heavy atom. The van der Waals surface area contributed by atoms with Gasteiger partial charge in [-0.3, -0.25) is 0 Å². The molecule has 0 N–H and O–H groups in total. The van der Waals surface area contributed by atoms with Gasteiger partial charge in [0.25, 0.3) is 0 Å². The Morgan fingerprint density at radius 3 is 2.52 bits per heavy atom. The second kappa shape index (κ2) is 8.39. The molecule has 2 aromatic carbocycles. The highest BCUT2D eigenvalue weighted by Crippen LogP contribution is 2.33. The van der Waals surface area contributed by atoms with Crippen LogP contribution >= 0.6 is 0 Å². The summed E-state index contributed by atoms with van der Waals surface area (Å²) < 4.78 is 26.9. The van der Waals surface area contributed by atoms with Gasteiger partial charge in [0, 0.05) is 18.5 Å². The van der Waals surface area contributed by atoms with Crippen LogP contribution < -0.4 is 0 Å². The summed E-state index contributed by atoms with van der Waals surface area (Å²) >= 11 is 0. The standard InChI is InChI=1S/C20H25FN2OS/c1-6-23(5)13-22-18-11-15(4)20(12-16(18)14(2)3)25(24)19-10-8-7-9-17(19)21/h7-14H,6H2,1-5H3. The molecule has 0 heterocycles. The first-order valence-corrected chi connectivity index (χ1v) is 9.55. The Bertz CT molecular complexity index is 802. The maximum Gasteiger partial charge on any atom is 0.139 e. The molecule has 0 aliphatic rings. The number of halogens is 1. The Hall–Kier alpha value is -2.01. The van der Waals surface area contributed by atoms with E-state index >= 15 is 0 Å². The molecule has 5 heteroatoms. The van der Waals surface area contributed by atoms with Gasteiger partial charge in [-0.15, -0.1) is 0 Å². The van der Waals surface area contributed by atoms with Gasteiger partial charge in [-0.2, -0.15) is 0 Å². The summed E-state index contributed by atoms with van der Waals surface area (Å²) in [7, 11) is 0.409. The molecule has 0 aromatic heterocycles. The molecular formula is C20H25FN2OS. The second-order valence-electron chi connectivity index (χ2n) is 6.35. The van der Waals surface area contributed by atoms with Crippen LogP contribution in [-0.4, -0.2) is 29.0 Å². The van der Waals surface area contributed by atoms with Gasteiger partial charge in [-0.25, -0.2) is 13.6 Å². The molecule has 3 nitrogen and oxygen atoms in total. The van der Waals surface area contributed by atoms with E-state index in [1.807, 2.05) is 31.0 Å². The fourth-order valence-corrected chi connectivity index (χ4v) is 3.69. The molecule has 134 valence electrons. The third kappa shape index (κ3) is 4.54. The number of aliphatic imine (C=N–C) groups is 1. The molecule has 0 radical (unpaired) electrons. The maximum absolute atomic E-state index is 14.0. The van der Waals surface area contributed by atoms with Crippen LogP contribution in [0.15, 0.2) is 51.2 Å². The van der Waals surface area contributed by atoms with Gasteiger partial charge in [0.2, 0.25) is 0 Å². The van der Waals surface area contributed by atoms with Gasteiger partial charge in [0.05, 0.1) is 27.7 Å². The fourth-order valence-electron chi connectivity index (χ4n) is 2.42. The minimum atomic E-state index is -1.56. The molecule has 0 aliphatic carbocycles. The summed E-state index contributed by atoms with van der Waals surface area (Å²) in [6.45, 7) is 8.96. The molecule has 2 aromatic rings. The van der Waals surface area contributed by atoms with Gasteiger partial charge < -0.3 is 4.90 Å². The number of nitrogens with zero attached hydrogens (tertiary/aromatic N) is 2. The average molecular weight is 360 g/mol. The highest BCUT2D eigenvalue weighted by Gasteiger charge is 2.17. The Balaban J connectivity index is 2.51. The number of hydrogen-bond donors (Lipinski definition) is 0. The van der Waals surface area contributed by atoms with Crippen molar-refractivity contribution < 1.29 is 8.60 Å². The zero-order valence-corrected chi connectivity index (χ0v) is 16.2. The summed E-state index contributed by atoms with van der Waals surface area (Å²) in [4.78, 5) is 7.41. The normalized spacial score (nSPS) is 12.8. The van der Waals surface area contributed by atoms with Gasteiger partial charge in [-0.1, -0.05) is 26.0 Å². The van der Waals surface area contributed by atoms with Crippen molar-refractivity contribution in [3.8, 4) is 0 Å². The molecule has 1 unspecified atom stereocenters. The van der Waals surface area contributed by atoms with Crippen molar-refractivity contribution in [3.05, 3.63) is 53.3 Å². The van der Waals surface area contributed by atoms with E-state index in [9.17, 15) is 8.60 Å². The molecule has 1 atom stereocenters. The molecular weight excluding hydrogens is 335 g/mol. The minimum absolute atomic E-state index is 0.210. The zero-order valence-electron chi connectivity index (χ0n) is 15.4. The van der Waals surface area contributed by atoms with Gasteiger partial charge in [0.15, 0.2) is 0 Å². The average Bonchev–Trinajstić information content (AvgIpc) is 2.59. The quantitative estimate of drug-likeness (QED) is 0.534. The molecule has 0 saturated heterocycles. The molecule has 0 saturated carbocycles. The number of benzene rings is 2. The lowest BCUT2D eigenvalue weighted by atomic mass is 9.99. The lowest BCUT2D eigenvalue weighted by molar-refractivity contribution is 0.552. The van der Waals surface area contributed by atoms with Crippen LogP contribution in [0.5, 0.6) is 0 Å². The van der Waals surface area contributed by atoms with Crippen LogP contribution in [0.3, 0.4) is 0 Å². The molecule has 25 heavy (non-hydrogen) atoms. The Kier molecular flexibility index (Phi) is 6.48. The van der Waals surface area contributed by atoms with E-state index in [2.05, 4.69) is 25.8 Å². The minimum Gasteiger partial charge on any atom is -0.366 e. The maximum atomic E-state index is 14.0. The first-order chi connectivity index (χ1) is 11.8. The highest BCUT2D eigenvalue weighted by molar-refractivity contribution is 7.85. The number of rotatable bonds is 6. The van der Waals surface area contributed by atoms with Gasteiger partial charge >= 0.3 is 0 Å². The topological polar surface area (TPSA) is 32.7 Å². The predicted octanol–water partition coefficient (Wildman–Crippen LogP) is 5.04. The van der Waals surface area contributed by atoms with E-state index in [4.69, 9.17) is 0 Å². The van der Waals surface area contributed by atoms with Gasteiger partial charge in [0.1, 0.15) is 5.82 Å². The third-order valence-electron chi connectivity index (χ3n) is 4.08. The van der Waals surface area contributed by atoms with Crippen molar-refractivity contribution in [2.45, 2.75) is 43.4 Å². The summed E-state index contributed by atoms with van der Waals surface area (Å²) in [5.41, 5.74) is 2.71. The first kappa shape index (κ1) is 19.3. The van der Waals surface area contributed by atoms with E-state index in [1.165, 1.54) is 6.07 Å². The van der Waals surface area contributed by atoms with E-state index in [1.54, 1.807) is 24.5 Å². The molecule has 0 spiro atoms. The fraction of sp³-hybridized carbons (Fsp3) is 0.350. The highest BCUT2D eigenvalue weighted by atomic mass is 32.2.